The van der Waals surface area contributed by atoms with E-state index in [1.54, 1.807) is 0 Å². The topological polar surface area (TPSA) is 41.3 Å². The van der Waals surface area contributed by atoms with Gasteiger partial charge in [-0.1, -0.05) is 0 Å². The quantitative estimate of drug-likeness (QED) is 0.835. The van der Waals surface area contributed by atoms with Crippen molar-refractivity contribution in [3.63, 3.8) is 0 Å². The molecule has 0 aromatic heterocycles. The van der Waals surface area contributed by atoms with E-state index in [2.05, 4.69) is 17.1 Å². The number of nitrogens with zero attached hydrogens (tertiary/aromatic N) is 1. The summed E-state index contributed by atoms with van der Waals surface area (Å²) in [5, 5.41) is 3.48. The van der Waals surface area contributed by atoms with E-state index < -0.39 is 0 Å². The van der Waals surface area contributed by atoms with Gasteiger partial charge in [-0.05, 0) is 44.0 Å². The van der Waals surface area contributed by atoms with Gasteiger partial charge in [-0.3, -0.25) is 4.90 Å². The molecule has 2 rings (SSSR count). The van der Waals surface area contributed by atoms with E-state index in [4.69, 9.17) is 5.73 Å². The largest absolute Gasteiger partial charge is 0.399 e. The van der Waals surface area contributed by atoms with Gasteiger partial charge in [-0.25, -0.2) is 0 Å². The first-order valence-corrected chi connectivity index (χ1v) is 5.62. The summed E-state index contributed by atoms with van der Waals surface area (Å²) in [7, 11) is 0. The number of halogens is 2. The Hall–Kier alpha value is -0.640. The van der Waals surface area contributed by atoms with Gasteiger partial charge in [0.05, 0.1) is 6.17 Å². The third-order valence-corrected chi connectivity index (χ3v) is 2.97. The lowest BCUT2D eigenvalue weighted by molar-refractivity contribution is 0.283. The normalized spacial score (nSPS) is 16.8. The van der Waals surface area contributed by atoms with Crippen molar-refractivity contribution in [1.29, 1.82) is 0 Å². The Labute approximate surface area is 116 Å². The van der Waals surface area contributed by atoms with E-state index in [9.17, 15) is 0 Å². The van der Waals surface area contributed by atoms with Crippen LogP contribution in [0.3, 0.4) is 0 Å². The minimum Gasteiger partial charge on any atom is -0.399 e. The van der Waals surface area contributed by atoms with Crippen molar-refractivity contribution in [3.05, 3.63) is 24.3 Å². The molecule has 0 radical (unpaired) electrons. The zero-order valence-corrected chi connectivity index (χ0v) is 11.7. The van der Waals surface area contributed by atoms with Gasteiger partial charge in [0.25, 0.3) is 0 Å². The van der Waals surface area contributed by atoms with Crippen molar-refractivity contribution >= 4 is 36.2 Å². The molecule has 3 N–H and O–H groups in total. The molecule has 0 saturated carbocycles. The fraction of sp³-hybridized carbons (Fsp3) is 0.500. The van der Waals surface area contributed by atoms with Crippen LogP contribution < -0.4 is 11.1 Å². The minimum atomic E-state index is 0. The Morgan fingerprint density at radius 2 is 1.65 bits per heavy atom. The van der Waals surface area contributed by atoms with Crippen LogP contribution in [0.2, 0.25) is 0 Å². The van der Waals surface area contributed by atoms with Crippen LogP contribution in [0.1, 0.15) is 19.8 Å². The summed E-state index contributed by atoms with van der Waals surface area (Å²) < 4.78 is 0. The summed E-state index contributed by atoms with van der Waals surface area (Å²) in [6.45, 7) is 4.63. The van der Waals surface area contributed by atoms with Crippen LogP contribution in [-0.2, 0) is 0 Å². The van der Waals surface area contributed by atoms with E-state index in [1.807, 2.05) is 24.3 Å². The van der Waals surface area contributed by atoms with Gasteiger partial charge >= 0.3 is 0 Å². The van der Waals surface area contributed by atoms with Crippen LogP contribution in [0.4, 0.5) is 11.4 Å². The second-order valence-corrected chi connectivity index (χ2v) is 4.19. The molecule has 0 bridgehead atoms. The molecule has 1 unspecified atom stereocenters. The highest BCUT2D eigenvalue weighted by atomic mass is 35.5. The first-order valence-electron chi connectivity index (χ1n) is 5.62. The van der Waals surface area contributed by atoms with Crippen molar-refractivity contribution < 1.29 is 0 Å². The average Bonchev–Trinajstić information content (AvgIpc) is 2.74. The van der Waals surface area contributed by atoms with Crippen LogP contribution in [0.15, 0.2) is 24.3 Å². The summed E-state index contributed by atoms with van der Waals surface area (Å²) in [4.78, 5) is 2.47. The molecule has 0 spiro atoms. The maximum absolute atomic E-state index is 5.64. The third kappa shape index (κ3) is 4.62. The molecule has 98 valence electrons. The number of rotatable bonds is 3. The predicted molar refractivity (Wildman–Crippen MR) is 79.2 cm³/mol. The molecular formula is C12H21Cl2N3. The van der Waals surface area contributed by atoms with Crippen LogP contribution in [0, 0.1) is 0 Å². The van der Waals surface area contributed by atoms with Crippen LogP contribution >= 0.6 is 24.8 Å². The second-order valence-electron chi connectivity index (χ2n) is 4.19. The number of likely N-dealkylation sites (tertiary alicyclic amines) is 1. The lowest BCUT2D eigenvalue weighted by Crippen LogP contribution is -2.36. The van der Waals surface area contributed by atoms with Gasteiger partial charge in [-0.15, -0.1) is 24.8 Å². The fourth-order valence-electron chi connectivity index (χ4n) is 2.04. The van der Waals surface area contributed by atoms with Crippen molar-refractivity contribution in [3.8, 4) is 0 Å². The lowest BCUT2D eigenvalue weighted by atomic mass is 10.3. The van der Waals surface area contributed by atoms with Gasteiger partial charge < -0.3 is 11.1 Å². The zero-order valence-electron chi connectivity index (χ0n) is 10.1. The van der Waals surface area contributed by atoms with Crippen molar-refractivity contribution in [2.75, 3.05) is 24.1 Å². The first-order chi connectivity index (χ1) is 7.25. The van der Waals surface area contributed by atoms with Gasteiger partial charge in [0.2, 0.25) is 0 Å². The molecule has 1 aromatic carbocycles. The average molecular weight is 278 g/mol. The Balaban J connectivity index is 0.00000128. The van der Waals surface area contributed by atoms with E-state index in [1.165, 1.54) is 25.9 Å². The summed E-state index contributed by atoms with van der Waals surface area (Å²) in [6.07, 6.45) is 3.07. The van der Waals surface area contributed by atoms with Crippen molar-refractivity contribution in [1.82, 2.24) is 4.90 Å². The summed E-state index contributed by atoms with van der Waals surface area (Å²) in [6, 6.07) is 7.92. The molecule has 0 aliphatic carbocycles. The van der Waals surface area contributed by atoms with E-state index >= 15 is 0 Å². The molecule has 17 heavy (non-hydrogen) atoms. The molecular weight excluding hydrogens is 257 g/mol. The van der Waals surface area contributed by atoms with Crippen LogP contribution in [0.5, 0.6) is 0 Å². The number of anilines is 2. The van der Waals surface area contributed by atoms with Gasteiger partial charge in [0.1, 0.15) is 0 Å². The van der Waals surface area contributed by atoms with Gasteiger partial charge in [-0.2, -0.15) is 0 Å². The smallest absolute Gasteiger partial charge is 0.0764 e. The number of hydrogen-bond acceptors (Lipinski definition) is 3. The van der Waals surface area contributed by atoms with E-state index in [-0.39, 0.29) is 24.8 Å². The maximum atomic E-state index is 5.64. The minimum absolute atomic E-state index is 0. The number of hydrogen-bond donors (Lipinski definition) is 2. The standard InChI is InChI=1S/C12H19N3.2ClH/c1-10(15-8-2-3-9-15)14-12-6-4-11(13)5-7-12;;/h4-7,10,14H,2-3,8-9,13H2,1H3;2*1H. The molecule has 1 heterocycles. The molecule has 1 aliphatic rings. The number of nitrogens with one attached hydrogen (secondary N) is 1. The predicted octanol–water partition coefficient (Wildman–Crippen LogP) is 2.97. The molecule has 1 fully saturated rings. The second kappa shape index (κ2) is 7.64. The molecule has 3 nitrogen and oxygen atoms in total. The third-order valence-electron chi connectivity index (χ3n) is 2.97. The Morgan fingerprint density at radius 1 is 1.12 bits per heavy atom. The number of benzene rings is 1. The molecule has 1 atom stereocenters. The van der Waals surface area contributed by atoms with Gasteiger partial charge in [0.15, 0.2) is 0 Å². The highest BCUT2D eigenvalue weighted by molar-refractivity contribution is 5.85. The summed E-state index contributed by atoms with van der Waals surface area (Å²) in [5.41, 5.74) is 7.60. The lowest BCUT2D eigenvalue weighted by Gasteiger charge is -2.25. The van der Waals surface area contributed by atoms with Crippen LogP contribution in [0.25, 0.3) is 0 Å². The van der Waals surface area contributed by atoms with Gasteiger partial charge in [0, 0.05) is 24.5 Å². The maximum Gasteiger partial charge on any atom is 0.0764 e. The molecule has 1 aromatic rings. The fourth-order valence-corrected chi connectivity index (χ4v) is 2.04. The number of nitrogens with two attached hydrogens (primary N) is 1. The molecule has 5 heteroatoms. The molecule has 1 saturated heterocycles. The molecule has 0 amide bonds. The highest BCUT2D eigenvalue weighted by Crippen LogP contribution is 2.16. The van der Waals surface area contributed by atoms with Crippen LogP contribution in [-0.4, -0.2) is 24.2 Å². The monoisotopic (exact) mass is 277 g/mol. The Bertz CT molecular complexity index is 310. The summed E-state index contributed by atoms with van der Waals surface area (Å²) in [5.74, 6) is 0. The van der Waals surface area contributed by atoms with E-state index in [0.29, 0.717) is 6.17 Å². The first kappa shape index (κ1) is 16.4. The van der Waals surface area contributed by atoms with Crippen molar-refractivity contribution in [2.45, 2.75) is 25.9 Å². The Kier molecular flexibility index (Phi) is 7.35. The zero-order chi connectivity index (χ0) is 10.7. The van der Waals surface area contributed by atoms with Crippen molar-refractivity contribution in [2.24, 2.45) is 0 Å². The Morgan fingerprint density at radius 3 is 2.18 bits per heavy atom. The van der Waals surface area contributed by atoms with E-state index in [0.717, 1.165) is 11.4 Å². The molecule has 1 aliphatic heterocycles. The summed E-state index contributed by atoms with van der Waals surface area (Å²) >= 11 is 0. The highest BCUT2D eigenvalue weighted by Gasteiger charge is 2.17. The SMILES string of the molecule is CC(Nc1ccc(N)cc1)N1CCCC1.Cl.Cl. The number of nitrogen functional groups attached to an aromatic ring is 1.